The Kier molecular flexibility index (Phi) is 1.78. The fourth-order valence-corrected chi connectivity index (χ4v) is 1.33. The molecular formula is C9H7ClO3. The average molecular weight is 199 g/mol. The van der Waals surface area contributed by atoms with Crippen LogP contribution in [0.15, 0.2) is 24.3 Å². The third kappa shape index (κ3) is 1.30. The van der Waals surface area contributed by atoms with Gasteiger partial charge in [-0.2, -0.15) is 0 Å². The van der Waals surface area contributed by atoms with Crippen molar-refractivity contribution in [1.29, 1.82) is 0 Å². The van der Waals surface area contributed by atoms with Crippen molar-refractivity contribution < 1.29 is 14.6 Å². The van der Waals surface area contributed by atoms with Gasteiger partial charge in [-0.15, -0.1) is 0 Å². The van der Waals surface area contributed by atoms with E-state index in [0.717, 1.165) is 0 Å². The minimum Gasteiger partial charge on any atom is -0.479 e. The van der Waals surface area contributed by atoms with E-state index in [4.69, 9.17) is 21.4 Å². The molecule has 1 unspecified atom stereocenters. The molecule has 1 fully saturated rings. The molecule has 4 heteroatoms. The highest BCUT2D eigenvalue weighted by molar-refractivity contribution is 6.30. The maximum absolute atomic E-state index is 10.8. The van der Waals surface area contributed by atoms with Crippen LogP contribution in [0.4, 0.5) is 0 Å². The Morgan fingerprint density at radius 3 is 2.38 bits per heavy atom. The molecule has 2 rings (SSSR count). The lowest BCUT2D eigenvalue weighted by atomic mass is 10.0. The van der Waals surface area contributed by atoms with E-state index in [2.05, 4.69) is 0 Å². The zero-order chi connectivity index (χ0) is 9.47. The summed E-state index contributed by atoms with van der Waals surface area (Å²) >= 11 is 5.67. The van der Waals surface area contributed by atoms with Crippen LogP contribution >= 0.6 is 11.6 Å². The summed E-state index contributed by atoms with van der Waals surface area (Å²) in [5.74, 6) is -0.949. The average Bonchev–Trinajstić information content (AvgIpc) is 2.86. The van der Waals surface area contributed by atoms with Crippen LogP contribution in [-0.4, -0.2) is 17.7 Å². The smallest absolute Gasteiger partial charge is 0.343 e. The molecule has 0 saturated carbocycles. The summed E-state index contributed by atoms with van der Waals surface area (Å²) < 4.78 is 4.94. The second kappa shape index (κ2) is 2.72. The Balaban J connectivity index is 2.36. The van der Waals surface area contributed by atoms with Gasteiger partial charge in [-0.25, -0.2) is 4.79 Å². The van der Waals surface area contributed by atoms with Crippen LogP contribution in [-0.2, 0) is 15.1 Å². The molecule has 0 aliphatic carbocycles. The Labute approximate surface area is 79.9 Å². The zero-order valence-corrected chi connectivity index (χ0v) is 7.41. The number of aliphatic carboxylic acids is 1. The van der Waals surface area contributed by atoms with Crippen molar-refractivity contribution in [1.82, 2.24) is 0 Å². The highest BCUT2D eigenvalue weighted by atomic mass is 35.5. The third-order valence-electron chi connectivity index (χ3n) is 2.09. The predicted octanol–water partition coefficient (Wildman–Crippen LogP) is 1.65. The van der Waals surface area contributed by atoms with E-state index in [1.54, 1.807) is 24.3 Å². The van der Waals surface area contributed by atoms with Crippen LogP contribution in [0.3, 0.4) is 0 Å². The SMILES string of the molecule is O=C(O)C1(c2ccc(Cl)cc2)CO1. The first-order valence-corrected chi connectivity index (χ1v) is 4.16. The van der Waals surface area contributed by atoms with Gasteiger partial charge in [0, 0.05) is 5.02 Å². The van der Waals surface area contributed by atoms with Crippen LogP contribution < -0.4 is 0 Å². The molecule has 0 bridgehead atoms. The Bertz CT molecular complexity index is 340. The van der Waals surface area contributed by atoms with Crippen LogP contribution in [0.25, 0.3) is 0 Å². The number of hydrogen-bond acceptors (Lipinski definition) is 2. The lowest BCUT2D eigenvalue weighted by molar-refractivity contribution is -0.143. The Hall–Kier alpha value is -1.06. The van der Waals surface area contributed by atoms with Crippen molar-refractivity contribution in [3.63, 3.8) is 0 Å². The van der Waals surface area contributed by atoms with E-state index in [0.29, 0.717) is 10.6 Å². The third-order valence-corrected chi connectivity index (χ3v) is 2.34. The van der Waals surface area contributed by atoms with Crippen LogP contribution in [0.1, 0.15) is 5.56 Å². The van der Waals surface area contributed by atoms with Gasteiger partial charge < -0.3 is 9.84 Å². The molecule has 1 saturated heterocycles. The summed E-state index contributed by atoms with van der Waals surface area (Å²) in [5, 5.41) is 9.46. The summed E-state index contributed by atoms with van der Waals surface area (Å²) in [6, 6.07) is 6.65. The molecule has 1 aliphatic rings. The molecule has 68 valence electrons. The van der Waals surface area contributed by atoms with Gasteiger partial charge in [-0.3, -0.25) is 0 Å². The number of hydrogen-bond donors (Lipinski definition) is 1. The van der Waals surface area contributed by atoms with Gasteiger partial charge in [0.05, 0.1) is 6.61 Å². The molecular weight excluding hydrogens is 192 g/mol. The quantitative estimate of drug-likeness (QED) is 0.736. The summed E-state index contributed by atoms with van der Waals surface area (Å²) in [5.41, 5.74) is -0.464. The number of carbonyl (C=O) groups is 1. The molecule has 13 heavy (non-hydrogen) atoms. The van der Waals surface area contributed by atoms with Crippen molar-refractivity contribution >= 4 is 17.6 Å². The molecule has 1 aliphatic heterocycles. The van der Waals surface area contributed by atoms with Crippen molar-refractivity contribution in [2.24, 2.45) is 0 Å². The molecule has 1 N–H and O–H groups in total. The predicted molar refractivity (Wildman–Crippen MR) is 46.7 cm³/mol. The van der Waals surface area contributed by atoms with Crippen LogP contribution in [0, 0.1) is 0 Å². The summed E-state index contributed by atoms with van der Waals surface area (Å²) in [6.45, 7) is 0.240. The Morgan fingerprint density at radius 2 is 2.00 bits per heavy atom. The molecule has 0 spiro atoms. The largest absolute Gasteiger partial charge is 0.479 e. The minimum absolute atomic E-state index is 0.240. The molecule has 0 radical (unpaired) electrons. The lowest BCUT2D eigenvalue weighted by Crippen LogP contribution is -2.21. The lowest BCUT2D eigenvalue weighted by Gasteiger charge is -2.05. The monoisotopic (exact) mass is 198 g/mol. The number of ether oxygens (including phenoxy) is 1. The number of halogens is 1. The normalized spacial score (nSPS) is 25.6. The van der Waals surface area contributed by atoms with Gasteiger partial charge in [-0.1, -0.05) is 23.7 Å². The standard InChI is InChI=1S/C9H7ClO3/c10-7-3-1-6(2-4-7)9(5-13-9)8(11)12/h1-4H,5H2,(H,11,12). The van der Waals surface area contributed by atoms with Gasteiger partial charge in [0.25, 0.3) is 0 Å². The maximum Gasteiger partial charge on any atom is 0.343 e. The van der Waals surface area contributed by atoms with E-state index in [1.165, 1.54) is 0 Å². The first kappa shape index (κ1) is 8.53. The summed E-state index contributed by atoms with van der Waals surface area (Å²) in [6.07, 6.45) is 0. The second-order valence-electron chi connectivity index (χ2n) is 2.93. The van der Waals surface area contributed by atoms with Crippen LogP contribution in [0.2, 0.25) is 5.02 Å². The summed E-state index contributed by atoms with van der Waals surface area (Å²) in [7, 11) is 0. The number of carboxylic acids is 1. The molecule has 1 atom stereocenters. The van der Waals surface area contributed by atoms with Crippen molar-refractivity contribution in [3.8, 4) is 0 Å². The van der Waals surface area contributed by atoms with E-state index < -0.39 is 11.6 Å². The molecule has 3 nitrogen and oxygen atoms in total. The van der Waals surface area contributed by atoms with Crippen molar-refractivity contribution in [3.05, 3.63) is 34.9 Å². The first-order chi connectivity index (χ1) is 6.15. The molecule has 1 heterocycles. The minimum atomic E-state index is -1.11. The fourth-order valence-electron chi connectivity index (χ4n) is 1.20. The van der Waals surface area contributed by atoms with Crippen molar-refractivity contribution in [2.45, 2.75) is 5.60 Å². The van der Waals surface area contributed by atoms with Gasteiger partial charge in [0.15, 0.2) is 0 Å². The number of epoxide rings is 1. The number of benzene rings is 1. The molecule has 1 aromatic carbocycles. The highest BCUT2D eigenvalue weighted by Crippen LogP contribution is 2.39. The van der Waals surface area contributed by atoms with Gasteiger partial charge in [-0.05, 0) is 17.7 Å². The van der Waals surface area contributed by atoms with Gasteiger partial charge in [0.1, 0.15) is 0 Å². The van der Waals surface area contributed by atoms with E-state index >= 15 is 0 Å². The number of rotatable bonds is 2. The number of carboxylic acid groups (broad SMARTS) is 1. The molecule has 0 amide bonds. The summed E-state index contributed by atoms with van der Waals surface area (Å²) in [4.78, 5) is 10.8. The zero-order valence-electron chi connectivity index (χ0n) is 6.66. The molecule has 0 aromatic heterocycles. The first-order valence-electron chi connectivity index (χ1n) is 3.78. The van der Waals surface area contributed by atoms with E-state index in [1.807, 2.05) is 0 Å². The van der Waals surface area contributed by atoms with E-state index in [9.17, 15) is 4.79 Å². The van der Waals surface area contributed by atoms with E-state index in [-0.39, 0.29) is 6.61 Å². The van der Waals surface area contributed by atoms with Gasteiger partial charge >= 0.3 is 5.97 Å². The second-order valence-corrected chi connectivity index (χ2v) is 3.36. The van der Waals surface area contributed by atoms with Crippen molar-refractivity contribution in [2.75, 3.05) is 6.61 Å². The fraction of sp³-hybridized carbons (Fsp3) is 0.222. The van der Waals surface area contributed by atoms with Gasteiger partial charge in [0.2, 0.25) is 5.60 Å². The Morgan fingerprint density at radius 1 is 1.46 bits per heavy atom. The van der Waals surface area contributed by atoms with Crippen LogP contribution in [0.5, 0.6) is 0 Å². The topological polar surface area (TPSA) is 49.8 Å². The highest BCUT2D eigenvalue weighted by Gasteiger charge is 2.54. The molecule has 1 aromatic rings. The maximum atomic E-state index is 10.8.